The number of hydrogen-bond donors (Lipinski definition) is 1. The Balaban J connectivity index is 2.32. The number of phenols is 1. The maximum absolute atomic E-state index is 9.36. The summed E-state index contributed by atoms with van der Waals surface area (Å²) in [6.45, 7) is 4.21. The number of benzene rings is 1. The summed E-state index contributed by atoms with van der Waals surface area (Å²) in [5.74, 6) is 0.0558. The van der Waals surface area contributed by atoms with Crippen molar-refractivity contribution in [2.75, 3.05) is 6.61 Å². The van der Waals surface area contributed by atoms with Crippen LogP contribution in [0.15, 0.2) is 35.4 Å². The minimum atomic E-state index is -0.456. The molecule has 0 radical (unpaired) electrons. The molecule has 0 spiro atoms. The molecule has 0 aromatic heterocycles. The Morgan fingerprint density at radius 2 is 2.16 bits per heavy atom. The van der Waals surface area contributed by atoms with Gasteiger partial charge in [-0.15, -0.1) is 0 Å². The van der Waals surface area contributed by atoms with Crippen molar-refractivity contribution >= 4 is 17.7 Å². The first-order valence-electron chi connectivity index (χ1n) is 5.88. The Morgan fingerprint density at radius 3 is 2.79 bits per heavy atom. The van der Waals surface area contributed by atoms with Crippen LogP contribution in [0.4, 0.5) is 0 Å². The van der Waals surface area contributed by atoms with Gasteiger partial charge in [0.2, 0.25) is 0 Å². The van der Waals surface area contributed by atoms with Crippen LogP contribution in [0.2, 0.25) is 5.02 Å². The number of aromatic hydroxyl groups is 1. The Kier molecular flexibility index (Phi) is 3.66. The standard InChI is InChI=1S/C15H14ClNO2/c1-15(2)12(11(8-17)9-19-15)5-3-10-4-6-14(18)13(16)7-10/h3-7,18H,9H2,1-2H3. The van der Waals surface area contributed by atoms with E-state index < -0.39 is 5.60 Å². The number of hydrogen-bond acceptors (Lipinski definition) is 3. The molecule has 0 amide bonds. The number of nitriles is 1. The van der Waals surface area contributed by atoms with E-state index in [1.165, 1.54) is 6.07 Å². The molecule has 19 heavy (non-hydrogen) atoms. The smallest absolute Gasteiger partial charge is 0.134 e. The summed E-state index contributed by atoms with van der Waals surface area (Å²) in [6, 6.07) is 7.13. The quantitative estimate of drug-likeness (QED) is 0.895. The monoisotopic (exact) mass is 275 g/mol. The molecule has 0 unspecified atom stereocenters. The molecule has 0 saturated carbocycles. The number of halogens is 1. The molecule has 1 heterocycles. The molecule has 1 aliphatic rings. The van der Waals surface area contributed by atoms with Crippen LogP contribution >= 0.6 is 11.6 Å². The molecule has 0 saturated heterocycles. The lowest BCUT2D eigenvalue weighted by molar-refractivity contribution is 0.0512. The molecular formula is C15H14ClNO2. The predicted octanol–water partition coefficient (Wildman–Crippen LogP) is 3.69. The second-order valence-corrected chi connectivity index (χ2v) is 5.25. The summed E-state index contributed by atoms with van der Waals surface area (Å²) >= 11 is 5.85. The third-order valence-electron chi connectivity index (χ3n) is 3.10. The van der Waals surface area contributed by atoms with Gasteiger partial charge in [-0.1, -0.05) is 29.8 Å². The molecular weight excluding hydrogens is 262 g/mol. The average molecular weight is 276 g/mol. The molecule has 1 N–H and O–H groups in total. The van der Waals surface area contributed by atoms with E-state index in [1.807, 2.05) is 26.0 Å². The van der Waals surface area contributed by atoms with Gasteiger partial charge >= 0.3 is 0 Å². The lowest BCUT2D eigenvalue weighted by Crippen LogP contribution is -2.20. The van der Waals surface area contributed by atoms with Gasteiger partial charge in [-0.3, -0.25) is 0 Å². The molecule has 2 rings (SSSR count). The fourth-order valence-corrected chi connectivity index (χ4v) is 2.16. The zero-order valence-electron chi connectivity index (χ0n) is 10.8. The molecule has 0 aliphatic carbocycles. The summed E-state index contributed by atoms with van der Waals surface area (Å²) in [7, 11) is 0. The number of rotatable bonds is 2. The number of ether oxygens (including phenoxy) is 1. The predicted molar refractivity (Wildman–Crippen MR) is 74.8 cm³/mol. The summed E-state index contributed by atoms with van der Waals surface area (Å²) in [5, 5.41) is 18.7. The van der Waals surface area contributed by atoms with Crippen molar-refractivity contribution in [2.24, 2.45) is 0 Å². The lowest BCUT2D eigenvalue weighted by atomic mass is 9.95. The number of phenolic OH excluding ortho intramolecular Hbond substituents is 1. The Hall–Kier alpha value is -1.76. The van der Waals surface area contributed by atoms with E-state index in [0.717, 1.165) is 11.1 Å². The van der Waals surface area contributed by atoms with Crippen LogP contribution < -0.4 is 0 Å². The van der Waals surface area contributed by atoms with Gasteiger partial charge in [0.25, 0.3) is 0 Å². The fraction of sp³-hybridized carbons (Fsp3) is 0.267. The van der Waals surface area contributed by atoms with Gasteiger partial charge in [0.05, 0.1) is 28.9 Å². The maximum Gasteiger partial charge on any atom is 0.134 e. The Labute approximate surface area is 117 Å². The van der Waals surface area contributed by atoms with Crippen molar-refractivity contribution in [3.63, 3.8) is 0 Å². The SMILES string of the molecule is CC1(C)OCC(C#N)=C1C=Cc1ccc(O)c(Cl)c1. The van der Waals surface area contributed by atoms with Gasteiger partial charge in [-0.2, -0.15) is 5.26 Å². The van der Waals surface area contributed by atoms with Crippen LogP contribution in [0.5, 0.6) is 5.75 Å². The Morgan fingerprint density at radius 1 is 1.42 bits per heavy atom. The van der Waals surface area contributed by atoms with E-state index in [1.54, 1.807) is 12.1 Å². The first-order chi connectivity index (χ1) is 8.94. The largest absolute Gasteiger partial charge is 0.506 e. The molecule has 0 atom stereocenters. The second-order valence-electron chi connectivity index (χ2n) is 4.85. The van der Waals surface area contributed by atoms with Crippen LogP contribution in [-0.4, -0.2) is 17.3 Å². The third kappa shape index (κ3) is 2.81. The highest BCUT2D eigenvalue weighted by atomic mass is 35.5. The topological polar surface area (TPSA) is 53.2 Å². The fourth-order valence-electron chi connectivity index (χ4n) is 1.97. The summed E-state index contributed by atoms with van der Waals surface area (Å²) in [6.07, 6.45) is 3.72. The van der Waals surface area contributed by atoms with Gasteiger partial charge in [0, 0.05) is 0 Å². The van der Waals surface area contributed by atoms with Crippen LogP contribution in [0.25, 0.3) is 6.08 Å². The second kappa shape index (κ2) is 5.08. The minimum Gasteiger partial charge on any atom is -0.506 e. The van der Waals surface area contributed by atoms with Crippen molar-refractivity contribution in [1.82, 2.24) is 0 Å². The van der Waals surface area contributed by atoms with E-state index in [0.29, 0.717) is 17.2 Å². The molecule has 1 aromatic rings. The zero-order chi connectivity index (χ0) is 14.0. The van der Waals surface area contributed by atoms with Crippen molar-refractivity contribution in [3.05, 3.63) is 46.0 Å². The highest BCUT2D eigenvalue weighted by Crippen LogP contribution is 2.32. The first-order valence-corrected chi connectivity index (χ1v) is 6.26. The van der Waals surface area contributed by atoms with Gasteiger partial charge < -0.3 is 9.84 Å². The summed E-state index contributed by atoms with van der Waals surface area (Å²) < 4.78 is 5.57. The van der Waals surface area contributed by atoms with E-state index in [-0.39, 0.29) is 5.75 Å². The van der Waals surface area contributed by atoms with Gasteiger partial charge in [0.15, 0.2) is 0 Å². The van der Waals surface area contributed by atoms with Crippen LogP contribution in [0, 0.1) is 11.3 Å². The average Bonchev–Trinajstić information content (AvgIpc) is 2.65. The van der Waals surface area contributed by atoms with Crippen molar-refractivity contribution in [2.45, 2.75) is 19.4 Å². The molecule has 0 fully saturated rings. The molecule has 4 heteroatoms. The van der Waals surface area contributed by atoms with Gasteiger partial charge in [-0.05, 0) is 37.1 Å². The van der Waals surface area contributed by atoms with E-state index in [9.17, 15) is 5.11 Å². The van der Waals surface area contributed by atoms with E-state index in [4.69, 9.17) is 21.6 Å². The molecule has 3 nitrogen and oxygen atoms in total. The third-order valence-corrected chi connectivity index (χ3v) is 3.40. The molecule has 1 aliphatic heterocycles. The Bertz CT molecular complexity index is 609. The summed E-state index contributed by atoms with van der Waals surface area (Å²) in [5.41, 5.74) is 1.92. The zero-order valence-corrected chi connectivity index (χ0v) is 11.5. The summed E-state index contributed by atoms with van der Waals surface area (Å²) in [4.78, 5) is 0. The molecule has 0 bridgehead atoms. The minimum absolute atomic E-state index is 0.0558. The van der Waals surface area contributed by atoms with E-state index in [2.05, 4.69) is 6.07 Å². The van der Waals surface area contributed by atoms with Crippen molar-refractivity contribution in [3.8, 4) is 11.8 Å². The van der Waals surface area contributed by atoms with Crippen LogP contribution in [0.1, 0.15) is 19.4 Å². The molecule has 1 aromatic carbocycles. The molecule has 98 valence electrons. The van der Waals surface area contributed by atoms with Crippen LogP contribution in [-0.2, 0) is 4.74 Å². The number of nitrogens with zero attached hydrogens (tertiary/aromatic N) is 1. The van der Waals surface area contributed by atoms with Crippen molar-refractivity contribution < 1.29 is 9.84 Å². The highest BCUT2D eigenvalue weighted by Gasteiger charge is 2.31. The first kappa shape index (κ1) is 13.7. The normalized spacial score (nSPS) is 18.0. The maximum atomic E-state index is 9.36. The van der Waals surface area contributed by atoms with Gasteiger partial charge in [-0.25, -0.2) is 0 Å². The van der Waals surface area contributed by atoms with Crippen molar-refractivity contribution in [1.29, 1.82) is 5.26 Å². The van der Waals surface area contributed by atoms with Crippen LogP contribution in [0.3, 0.4) is 0 Å². The lowest BCUT2D eigenvalue weighted by Gasteiger charge is -2.19. The van der Waals surface area contributed by atoms with Gasteiger partial charge in [0.1, 0.15) is 5.75 Å². The highest BCUT2D eigenvalue weighted by molar-refractivity contribution is 6.32. The van der Waals surface area contributed by atoms with E-state index >= 15 is 0 Å².